The van der Waals surface area contributed by atoms with Gasteiger partial charge in [-0.15, -0.1) is 0 Å². The van der Waals surface area contributed by atoms with Crippen LogP contribution in [0.1, 0.15) is 44.0 Å². The van der Waals surface area contributed by atoms with Crippen molar-refractivity contribution >= 4 is 0 Å². The Labute approximate surface area is 127 Å². The molecule has 0 N–H and O–H groups in total. The third-order valence-corrected chi connectivity index (χ3v) is 4.80. The lowest BCUT2D eigenvalue weighted by Crippen LogP contribution is -2.23. The van der Waals surface area contributed by atoms with Crippen LogP contribution >= 0.6 is 0 Å². The molecule has 1 aromatic carbocycles. The Morgan fingerprint density at radius 1 is 1.14 bits per heavy atom. The molecule has 1 atom stereocenters. The smallest absolute Gasteiger partial charge is 0.0571 e. The number of benzene rings is 1. The lowest BCUT2D eigenvalue weighted by Gasteiger charge is -2.24. The molecule has 0 unspecified atom stereocenters. The van der Waals surface area contributed by atoms with Crippen molar-refractivity contribution in [3.63, 3.8) is 0 Å². The van der Waals surface area contributed by atoms with Crippen molar-refractivity contribution in [1.82, 2.24) is 14.7 Å². The normalized spacial score (nSPS) is 17.3. The summed E-state index contributed by atoms with van der Waals surface area (Å²) in [6, 6.07) is 9.57. The van der Waals surface area contributed by atoms with Crippen molar-refractivity contribution in [2.75, 3.05) is 13.1 Å². The minimum absolute atomic E-state index is 0.529. The van der Waals surface area contributed by atoms with Crippen LogP contribution in [0.3, 0.4) is 0 Å². The van der Waals surface area contributed by atoms with Crippen LogP contribution in [0.15, 0.2) is 30.5 Å². The van der Waals surface area contributed by atoms with Gasteiger partial charge in [0.25, 0.3) is 0 Å². The largest absolute Gasteiger partial charge is 0.297 e. The molecule has 1 aliphatic heterocycles. The molecule has 1 aromatic heterocycles. The predicted octanol–water partition coefficient (Wildman–Crippen LogP) is 4.04. The van der Waals surface area contributed by atoms with Gasteiger partial charge in [-0.1, -0.05) is 24.3 Å². The highest BCUT2D eigenvalue weighted by molar-refractivity contribution is 5.65. The van der Waals surface area contributed by atoms with Gasteiger partial charge in [-0.3, -0.25) is 9.58 Å². The van der Waals surface area contributed by atoms with Crippen LogP contribution in [-0.2, 0) is 6.54 Å². The maximum atomic E-state index is 4.44. The average Bonchev–Trinajstić information content (AvgIpc) is 3.16. The molecule has 0 spiro atoms. The van der Waals surface area contributed by atoms with Gasteiger partial charge in [0.2, 0.25) is 0 Å². The number of likely N-dealkylation sites (tertiary alicyclic amines) is 1. The summed E-state index contributed by atoms with van der Waals surface area (Å²) in [5.41, 5.74) is 5.18. The number of hydrogen-bond donors (Lipinski definition) is 0. The Hall–Kier alpha value is -1.61. The molecule has 1 saturated heterocycles. The number of nitrogens with zero attached hydrogens (tertiary/aromatic N) is 3. The fourth-order valence-corrected chi connectivity index (χ4v) is 3.33. The van der Waals surface area contributed by atoms with Gasteiger partial charge in [0.15, 0.2) is 0 Å². The molecular formula is C18H25N3. The zero-order chi connectivity index (χ0) is 14.8. The van der Waals surface area contributed by atoms with E-state index in [1.165, 1.54) is 48.3 Å². The summed E-state index contributed by atoms with van der Waals surface area (Å²) in [6.07, 6.45) is 4.67. The highest BCUT2D eigenvalue weighted by Gasteiger charge is 2.19. The molecule has 0 aliphatic carbocycles. The van der Waals surface area contributed by atoms with Gasteiger partial charge < -0.3 is 0 Å². The standard InChI is InChI=1S/C18H25N3/c1-4-21-15(3)18(13-19-21)17-9-7-16(8-10-17)14(2)20-11-5-6-12-20/h7-10,13-14H,4-6,11-12H2,1-3H3/t14-/m0/s1. The van der Waals surface area contributed by atoms with E-state index in [4.69, 9.17) is 0 Å². The van der Waals surface area contributed by atoms with Crippen molar-refractivity contribution in [3.05, 3.63) is 41.7 Å². The first-order chi connectivity index (χ1) is 10.2. The lowest BCUT2D eigenvalue weighted by molar-refractivity contribution is 0.263. The molecule has 3 rings (SSSR count). The Morgan fingerprint density at radius 3 is 2.38 bits per heavy atom. The summed E-state index contributed by atoms with van der Waals surface area (Å²) in [7, 11) is 0. The van der Waals surface area contributed by atoms with E-state index in [0.717, 1.165) is 6.54 Å². The molecule has 2 heterocycles. The summed E-state index contributed by atoms with van der Waals surface area (Å²) in [4.78, 5) is 2.58. The molecular weight excluding hydrogens is 258 g/mol. The van der Waals surface area contributed by atoms with Gasteiger partial charge in [0, 0.05) is 23.8 Å². The third-order valence-electron chi connectivity index (χ3n) is 4.80. The van der Waals surface area contributed by atoms with Crippen molar-refractivity contribution in [3.8, 4) is 11.1 Å². The van der Waals surface area contributed by atoms with Crippen molar-refractivity contribution in [2.45, 2.75) is 46.2 Å². The molecule has 21 heavy (non-hydrogen) atoms. The molecule has 3 heteroatoms. The van der Waals surface area contributed by atoms with Gasteiger partial charge in [-0.25, -0.2) is 0 Å². The second-order valence-electron chi connectivity index (χ2n) is 6.00. The van der Waals surface area contributed by atoms with Crippen LogP contribution in [0.5, 0.6) is 0 Å². The monoisotopic (exact) mass is 283 g/mol. The summed E-state index contributed by atoms with van der Waals surface area (Å²) in [5.74, 6) is 0. The molecule has 3 nitrogen and oxygen atoms in total. The van der Waals surface area contributed by atoms with Gasteiger partial charge in [-0.05, 0) is 57.8 Å². The van der Waals surface area contributed by atoms with E-state index < -0.39 is 0 Å². The molecule has 112 valence electrons. The summed E-state index contributed by atoms with van der Waals surface area (Å²) in [5, 5.41) is 4.44. The molecule has 0 amide bonds. The van der Waals surface area contributed by atoms with Crippen LogP contribution < -0.4 is 0 Å². The number of rotatable bonds is 4. The molecule has 0 radical (unpaired) electrons. The first-order valence-electron chi connectivity index (χ1n) is 8.07. The average molecular weight is 283 g/mol. The van der Waals surface area contributed by atoms with Gasteiger partial charge >= 0.3 is 0 Å². The number of hydrogen-bond acceptors (Lipinski definition) is 2. The lowest BCUT2D eigenvalue weighted by atomic mass is 10.0. The van der Waals surface area contributed by atoms with E-state index >= 15 is 0 Å². The first kappa shape index (κ1) is 14.3. The van der Waals surface area contributed by atoms with Gasteiger partial charge in [0.05, 0.1) is 6.20 Å². The summed E-state index contributed by atoms with van der Waals surface area (Å²) in [6.45, 7) is 10.0. The summed E-state index contributed by atoms with van der Waals surface area (Å²) >= 11 is 0. The van der Waals surface area contributed by atoms with Crippen molar-refractivity contribution < 1.29 is 0 Å². The highest BCUT2D eigenvalue weighted by Crippen LogP contribution is 2.28. The van der Waals surface area contributed by atoms with E-state index in [1.807, 2.05) is 6.20 Å². The number of aryl methyl sites for hydroxylation is 1. The van der Waals surface area contributed by atoms with E-state index in [2.05, 4.69) is 59.7 Å². The zero-order valence-corrected chi connectivity index (χ0v) is 13.3. The van der Waals surface area contributed by atoms with E-state index in [0.29, 0.717) is 6.04 Å². The molecule has 1 fully saturated rings. The fraction of sp³-hybridized carbons (Fsp3) is 0.500. The Balaban J connectivity index is 1.81. The topological polar surface area (TPSA) is 21.1 Å². The first-order valence-corrected chi connectivity index (χ1v) is 8.07. The maximum absolute atomic E-state index is 4.44. The molecule has 1 aliphatic rings. The van der Waals surface area contributed by atoms with Crippen LogP contribution in [0.25, 0.3) is 11.1 Å². The SMILES string of the molecule is CCn1ncc(-c2ccc([C@H](C)N3CCCC3)cc2)c1C. The maximum Gasteiger partial charge on any atom is 0.0571 e. The Bertz CT molecular complexity index is 591. The molecule has 2 aromatic rings. The van der Waals surface area contributed by atoms with E-state index in [-0.39, 0.29) is 0 Å². The van der Waals surface area contributed by atoms with Crippen molar-refractivity contribution in [1.29, 1.82) is 0 Å². The Morgan fingerprint density at radius 2 is 1.81 bits per heavy atom. The van der Waals surface area contributed by atoms with Gasteiger partial charge in [0.1, 0.15) is 0 Å². The van der Waals surface area contributed by atoms with Crippen LogP contribution in [-0.4, -0.2) is 27.8 Å². The zero-order valence-electron chi connectivity index (χ0n) is 13.3. The summed E-state index contributed by atoms with van der Waals surface area (Å²) < 4.78 is 2.05. The quantitative estimate of drug-likeness (QED) is 0.844. The molecule has 0 bridgehead atoms. The minimum atomic E-state index is 0.529. The minimum Gasteiger partial charge on any atom is -0.297 e. The number of aromatic nitrogens is 2. The molecule has 0 saturated carbocycles. The Kier molecular flexibility index (Phi) is 4.11. The predicted molar refractivity (Wildman–Crippen MR) is 87.3 cm³/mol. The fourth-order valence-electron chi connectivity index (χ4n) is 3.33. The second-order valence-corrected chi connectivity index (χ2v) is 6.00. The third kappa shape index (κ3) is 2.75. The van der Waals surface area contributed by atoms with Crippen molar-refractivity contribution in [2.24, 2.45) is 0 Å². The second kappa shape index (κ2) is 6.02. The van der Waals surface area contributed by atoms with E-state index in [9.17, 15) is 0 Å². The highest BCUT2D eigenvalue weighted by atomic mass is 15.3. The van der Waals surface area contributed by atoms with Crippen LogP contribution in [0, 0.1) is 6.92 Å². The van der Waals surface area contributed by atoms with Gasteiger partial charge in [-0.2, -0.15) is 5.10 Å². The van der Waals surface area contributed by atoms with E-state index in [1.54, 1.807) is 0 Å². The van der Waals surface area contributed by atoms with Crippen LogP contribution in [0.2, 0.25) is 0 Å². The van der Waals surface area contributed by atoms with Crippen LogP contribution in [0.4, 0.5) is 0 Å².